The molecule has 5 rings (SSSR count). The average molecular weight is 597 g/mol. The fourth-order valence-corrected chi connectivity index (χ4v) is 9.57. The second kappa shape index (κ2) is 9.13. The molecule has 0 N–H and O–H groups in total. The SMILES string of the molecule is CC(=O)O[C@H]1CC[C@@]2(C)C(CCC3C2CC(=O)[C@@]2(C)C3C[C@@H]3OC(C(=O)CC(C)CI)=C(C)[C@@H]32)C1. The van der Waals surface area contributed by atoms with Gasteiger partial charge in [-0.15, -0.1) is 0 Å². The number of allylic oxidation sites excluding steroid dienone is 1. The second-order valence-corrected chi connectivity index (χ2v) is 13.7. The zero-order valence-corrected chi connectivity index (χ0v) is 24.1. The predicted octanol–water partition coefficient (Wildman–Crippen LogP) is 6.07. The van der Waals surface area contributed by atoms with Crippen LogP contribution in [0.15, 0.2) is 11.3 Å². The van der Waals surface area contributed by atoms with E-state index >= 15 is 0 Å². The van der Waals surface area contributed by atoms with Gasteiger partial charge in [0.2, 0.25) is 0 Å². The standard InChI is InChI=1S/C29H41IO5/c1-15(14-30)10-23(32)27-16(2)26-24(35-27)12-22-20-7-6-18-11-19(34-17(3)31)8-9-28(18,4)21(20)13-25(33)29(22,26)5/h15,18-22,24,26H,6-14H2,1-5H3/t15?,18?,19-,20?,21?,22?,24-,26-,28-,29+/m0/s1. The number of ether oxygens (including phenoxy) is 2. The van der Waals surface area contributed by atoms with Crippen LogP contribution in [-0.2, 0) is 23.9 Å². The third-order valence-electron chi connectivity index (χ3n) is 11.0. The number of Topliss-reactive ketones (excluding diaryl/α,β-unsaturated/α-hetero) is 2. The van der Waals surface area contributed by atoms with Crippen LogP contribution < -0.4 is 0 Å². The van der Waals surface area contributed by atoms with Crippen molar-refractivity contribution in [2.75, 3.05) is 4.43 Å². The van der Waals surface area contributed by atoms with Gasteiger partial charge in [-0.3, -0.25) is 14.4 Å². The van der Waals surface area contributed by atoms with Crippen molar-refractivity contribution in [1.82, 2.24) is 0 Å². The second-order valence-electron chi connectivity index (χ2n) is 12.8. The molecule has 5 unspecified atom stereocenters. The highest BCUT2D eigenvalue weighted by molar-refractivity contribution is 14.1. The van der Waals surface area contributed by atoms with Crippen LogP contribution in [0.4, 0.5) is 0 Å². The van der Waals surface area contributed by atoms with Gasteiger partial charge in [-0.1, -0.05) is 43.4 Å². The lowest BCUT2D eigenvalue weighted by Crippen LogP contribution is -2.57. The summed E-state index contributed by atoms with van der Waals surface area (Å²) >= 11 is 2.33. The van der Waals surface area contributed by atoms with Crippen molar-refractivity contribution in [3.8, 4) is 0 Å². The molecular weight excluding hydrogens is 555 g/mol. The smallest absolute Gasteiger partial charge is 0.302 e. The molecule has 6 heteroatoms. The Kier molecular flexibility index (Phi) is 6.71. The Labute approximate surface area is 223 Å². The summed E-state index contributed by atoms with van der Waals surface area (Å²) in [6, 6.07) is 0. The number of hydrogen-bond acceptors (Lipinski definition) is 5. The molecule has 0 spiro atoms. The van der Waals surface area contributed by atoms with Gasteiger partial charge in [0, 0.05) is 35.5 Å². The van der Waals surface area contributed by atoms with Crippen LogP contribution in [0.1, 0.15) is 86.0 Å². The molecule has 0 aromatic rings. The summed E-state index contributed by atoms with van der Waals surface area (Å²) < 4.78 is 12.9. The number of fused-ring (bicyclic) bond motifs is 7. The first-order valence-corrected chi connectivity index (χ1v) is 15.2. The highest BCUT2D eigenvalue weighted by atomic mass is 127. The van der Waals surface area contributed by atoms with Crippen molar-refractivity contribution < 1.29 is 23.9 Å². The number of esters is 1. The Bertz CT molecular complexity index is 957. The Balaban J connectivity index is 1.39. The molecule has 0 saturated heterocycles. The summed E-state index contributed by atoms with van der Waals surface area (Å²) in [5, 5.41) is 0. The monoisotopic (exact) mass is 596 g/mol. The quantitative estimate of drug-likeness (QED) is 0.219. The first-order chi connectivity index (χ1) is 16.5. The molecule has 0 amide bonds. The molecule has 10 atom stereocenters. The zero-order valence-electron chi connectivity index (χ0n) is 21.9. The highest BCUT2D eigenvalue weighted by Crippen LogP contribution is 2.68. The number of ketones is 2. The topological polar surface area (TPSA) is 69.7 Å². The summed E-state index contributed by atoms with van der Waals surface area (Å²) in [7, 11) is 0. The van der Waals surface area contributed by atoms with Crippen molar-refractivity contribution in [2.45, 2.75) is 98.2 Å². The lowest BCUT2D eigenvalue weighted by atomic mass is 9.44. The molecule has 4 saturated carbocycles. The normalized spacial score (nSPS) is 45.1. The summed E-state index contributed by atoms with van der Waals surface area (Å²) in [6.07, 6.45) is 7.22. The van der Waals surface area contributed by atoms with Gasteiger partial charge >= 0.3 is 5.97 Å². The first-order valence-electron chi connectivity index (χ1n) is 13.7. The average Bonchev–Trinajstić information content (AvgIpc) is 3.29. The van der Waals surface area contributed by atoms with E-state index in [1.54, 1.807) is 0 Å². The van der Waals surface area contributed by atoms with Crippen LogP contribution in [0, 0.1) is 46.3 Å². The van der Waals surface area contributed by atoms with E-state index in [-0.39, 0.29) is 35.3 Å². The fourth-order valence-electron chi connectivity index (χ4n) is 9.26. The molecule has 35 heavy (non-hydrogen) atoms. The van der Waals surface area contributed by atoms with Crippen LogP contribution in [-0.4, -0.2) is 34.2 Å². The molecule has 0 aromatic carbocycles. The van der Waals surface area contributed by atoms with Crippen LogP contribution >= 0.6 is 22.6 Å². The van der Waals surface area contributed by atoms with Gasteiger partial charge in [-0.05, 0) is 86.0 Å². The molecular formula is C29H41IO5. The third-order valence-corrected chi connectivity index (χ3v) is 12.5. The van der Waals surface area contributed by atoms with E-state index in [0.717, 1.165) is 48.5 Å². The number of alkyl halides is 1. The van der Waals surface area contributed by atoms with E-state index in [0.29, 0.717) is 54.0 Å². The minimum atomic E-state index is -0.426. The highest BCUT2D eigenvalue weighted by Gasteiger charge is 2.68. The Morgan fingerprint density at radius 2 is 1.91 bits per heavy atom. The van der Waals surface area contributed by atoms with Gasteiger partial charge in [0.15, 0.2) is 11.5 Å². The molecule has 5 nitrogen and oxygen atoms in total. The van der Waals surface area contributed by atoms with Gasteiger partial charge < -0.3 is 9.47 Å². The lowest BCUT2D eigenvalue weighted by Gasteiger charge is -2.60. The molecule has 0 aromatic heterocycles. The van der Waals surface area contributed by atoms with E-state index < -0.39 is 5.41 Å². The first kappa shape index (κ1) is 25.7. The van der Waals surface area contributed by atoms with Crippen molar-refractivity contribution in [2.24, 2.45) is 46.3 Å². The maximum absolute atomic E-state index is 14.0. The summed E-state index contributed by atoms with van der Waals surface area (Å²) in [6.45, 7) is 10.3. The summed E-state index contributed by atoms with van der Waals surface area (Å²) in [5.41, 5.74) is 0.737. The molecule has 5 aliphatic rings. The molecule has 1 aliphatic heterocycles. The van der Waals surface area contributed by atoms with Gasteiger partial charge in [0.1, 0.15) is 18.0 Å². The van der Waals surface area contributed by atoms with Crippen molar-refractivity contribution >= 4 is 40.1 Å². The number of halogens is 1. The van der Waals surface area contributed by atoms with Gasteiger partial charge in [0.05, 0.1) is 0 Å². The minimum absolute atomic E-state index is 0.0320. The molecule has 0 bridgehead atoms. The Hall–Kier alpha value is -0.920. The molecule has 0 radical (unpaired) electrons. The largest absolute Gasteiger partial charge is 0.486 e. The minimum Gasteiger partial charge on any atom is -0.486 e. The molecule has 194 valence electrons. The Morgan fingerprint density at radius 1 is 1.17 bits per heavy atom. The van der Waals surface area contributed by atoms with Crippen LogP contribution in [0.3, 0.4) is 0 Å². The molecule has 4 fully saturated rings. The van der Waals surface area contributed by atoms with Crippen molar-refractivity contribution in [1.29, 1.82) is 0 Å². The van der Waals surface area contributed by atoms with Crippen molar-refractivity contribution in [3.63, 3.8) is 0 Å². The van der Waals surface area contributed by atoms with E-state index in [2.05, 4.69) is 43.4 Å². The molecule has 1 heterocycles. The number of hydrogen-bond donors (Lipinski definition) is 0. The summed E-state index contributed by atoms with van der Waals surface area (Å²) in [4.78, 5) is 38.6. The van der Waals surface area contributed by atoms with Crippen molar-refractivity contribution in [3.05, 3.63) is 11.3 Å². The zero-order chi connectivity index (χ0) is 25.3. The maximum atomic E-state index is 14.0. The Morgan fingerprint density at radius 3 is 2.60 bits per heavy atom. The number of rotatable bonds is 5. The number of carbonyl (C=O) groups is 3. The lowest BCUT2D eigenvalue weighted by molar-refractivity contribution is -0.165. The van der Waals surface area contributed by atoms with Crippen LogP contribution in [0.2, 0.25) is 0 Å². The summed E-state index contributed by atoms with van der Waals surface area (Å²) in [5.74, 6) is 3.03. The van der Waals surface area contributed by atoms with Gasteiger partial charge in [0.25, 0.3) is 0 Å². The number of carbonyl (C=O) groups excluding carboxylic acids is 3. The van der Waals surface area contributed by atoms with E-state index in [1.807, 2.05) is 6.92 Å². The van der Waals surface area contributed by atoms with E-state index in [9.17, 15) is 14.4 Å². The van der Waals surface area contributed by atoms with E-state index in [1.165, 1.54) is 6.92 Å². The predicted molar refractivity (Wildman–Crippen MR) is 142 cm³/mol. The van der Waals surface area contributed by atoms with E-state index in [4.69, 9.17) is 9.47 Å². The van der Waals surface area contributed by atoms with Gasteiger partial charge in [-0.25, -0.2) is 0 Å². The van der Waals surface area contributed by atoms with Crippen LogP contribution in [0.5, 0.6) is 0 Å². The third kappa shape index (κ3) is 3.94. The van der Waals surface area contributed by atoms with Crippen LogP contribution in [0.25, 0.3) is 0 Å². The molecule has 4 aliphatic carbocycles. The fraction of sp³-hybridized carbons (Fsp3) is 0.828. The van der Waals surface area contributed by atoms with Gasteiger partial charge in [-0.2, -0.15) is 0 Å². The maximum Gasteiger partial charge on any atom is 0.302 e.